The van der Waals surface area contributed by atoms with E-state index in [1.807, 2.05) is 24.3 Å². The monoisotopic (exact) mass is 344 g/mol. The summed E-state index contributed by atoms with van der Waals surface area (Å²) in [7, 11) is 0. The van der Waals surface area contributed by atoms with Gasteiger partial charge in [-0.15, -0.1) is 0 Å². The normalized spacial score (nSPS) is 11.4. The molecule has 4 aromatic rings. The van der Waals surface area contributed by atoms with Crippen LogP contribution in [0.1, 0.15) is 0 Å². The van der Waals surface area contributed by atoms with E-state index in [-0.39, 0.29) is 11.4 Å². The van der Waals surface area contributed by atoms with Crippen LogP contribution in [0.3, 0.4) is 0 Å². The highest BCUT2D eigenvalue weighted by Crippen LogP contribution is 2.30. The van der Waals surface area contributed by atoms with Gasteiger partial charge in [-0.1, -0.05) is 41.4 Å². The molecule has 0 amide bonds. The number of benzene rings is 2. The summed E-state index contributed by atoms with van der Waals surface area (Å²) in [6, 6.07) is 12.4. The minimum atomic E-state index is -0.291. The van der Waals surface area contributed by atoms with Crippen molar-refractivity contribution in [1.82, 2.24) is 14.8 Å². The average molecular weight is 345 g/mol. The summed E-state index contributed by atoms with van der Waals surface area (Å²) in [6.45, 7) is 0. The van der Waals surface area contributed by atoms with Crippen LogP contribution >= 0.6 is 23.2 Å². The molecule has 0 radical (unpaired) electrons. The number of rotatable bonds is 1. The highest BCUT2D eigenvalue weighted by atomic mass is 35.5. The van der Waals surface area contributed by atoms with Crippen LogP contribution in [0.2, 0.25) is 10.0 Å². The van der Waals surface area contributed by atoms with E-state index in [2.05, 4.69) is 10.1 Å². The van der Waals surface area contributed by atoms with Crippen molar-refractivity contribution in [2.24, 2.45) is 0 Å². The number of nitrogens with zero attached hydrogens (tertiary/aromatic N) is 2. The van der Waals surface area contributed by atoms with Crippen LogP contribution in [0.5, 0.6) is 0 Å². The topological polar surface area (TPSA) is 76.7 Å². The van der Waals surface area contributed by atoms with Crippen molar-refractivity contribution < 1.29 is 0 Å². The molecular formula is C16H10Cl2N4O. The first-order valence-corrected chi connectivity index (χ1v) is 7.56. The molecule has 3 N–H and O–H groups in total. The zero-order chi connectivity index (χ0) is 16.1. The van der Waals surface area contributed by atoms with Crippen molar-refractivity contribution in [1.29, 1.82) is 0 Å². The molecule has 23 heavy (non-hydrogen) atoms. The quantitative estimate of drug-likeness (QED) is 0.552. The van der Waals surface area contributed by atoms with Crippen LogP contribution in [-0.4, -0.2) is 14.8 Å². The number of anilines is 1. The maximum absolute atomic E-state index is 12.4. The van der Waals surface area contributed by atoms with Crippen molar-refractivity contribution in [3.05, 3.63) is 62.9 Å². The maximum atomic E-state index is 12.4. The predicted octanol–water partition coefficient (Wildman–Crippen LogP) is 3.76. The molecule has 0 aliphatic carbocycles. The van der Waals surface area contributed by atoms with Gasteiger partial charge in [0.25, 0.3) is 5.56 Å². The molecule has 0 fully saturated rings. The maximum Gasteiger partial charge on any atom is 0.261 e. The zero-order valence-corrected chi connectivity index (χ0v) is 13.2. The summed E-state index contributed by atoms with van der Waals surface area (Å²) < 4.78 is 1.44. The van der Waals surface area contributed by atoms with Crippen LogP contribution < -0.4 is 11.3 Å². The third-order valence-electron chi connectivity index (χ3n) is 3.71. The van der Waals surface area contributed by atoms with Crippen molar-refractivity contribution in [3.8, 4) is 5.69 Å². The minimum absolute atomic E-state index is 0.219. The third-order valence-corrected chi connectivity index (χ3v) is 4.27. The summed E-state index contributed by atoms with van der Waals surface area (Å²) in [6.07, 6.45) is 0. The highest BCUT2D eigenvalue weighted by molar-refractivity contribution is 6.34. The Hall–Kier alpha value is -2.50. The van der Waals surface area contributed by atoms with Gasteiger partial charge in [0.15, 0.2) is 0 Å². The first-order valence-electron chi connectivity index (χ1n) is 6.81. The van der Waals surface area contributed by atoms with E-state index in [1.54, 1.807) is 18.2 Å². The van der Waals surface area contributed by atoms with Crippen LogP contribution in [0.25, 0.3) is 27.5 Å². The van der Waals surface area contributed by atoms with Crippen molar-refractivity contribution in [3.63, 3.8) is 0 Å². The summed E-state index contributed by atoms with van der Waals surface area (Å²) >= 11 is 12.3. The van der Waals surface area contributed by atoms with E-state index in [4.69, 9.17) is 28.9 Å². The summed E-state index contributed by atoms with van der Waals surface area (Å²) in [4.78, 5) is 15.2. The van der Waals surface area contributed by atoms with E-state index in [9.17, 15) is 4.79 Å². The Labute approximate surface area is 140 Å². The molecule has 0 bridgehead atoms. The molecule has 0 saturated carbocycles. The Balaban J connectivity index is 2.16. The molecule has 2 aromatic heterocycles. The number of aromatic amines is 1. The van der Waals surface area contributed by atoms with Gasteiger partial charge in [-0.25, -0.2) is 4.68 Å². The fourth-order valence-corrected chi connectivity index (χ4v) is 3.02. The molecule has 2 aromatic carbocycles. The van der Waals surface area contributed by atoms with E-state index in [1.165, 1.54) is 4.68 Å². The lowest BCUT2D eigenvalue weighted by Gasteiger charge is -2.06. The number of nitrogens with two attached hydrogens (primary N) is 1. The Kier molecular flexibility index (Phi) is 3.07. The first kappa shape index (κ1) is 14.1. The lowest BCUT2D eigenvalue weighted by atomic mass is 10.1. The molecule has 5 nitrogen and oxygen atoms in total. The summed E-state index contributed by atoms with van der Waals surface area (Å²) in [5.74, 6) is 0.219. The number of halogens is 2. The average Bonchev–Trinajstić information content (AvgIpc) is 2.88. The smallest absolute Gasteiger partial charge is 0.261 e. The Morgan fingerprint density at radius 2 is 1.91 bits per heavy atom. The number of aromatic nitrogens is 3. The number of hydrogen-bond acceptors (Lipinski definition) is 3. The molecule has 0 spiro atoms. The van der Waals surface area contributed by atoms with E-state index in [0.29, 0.717) is 32.2 Å². The molecule has 0 atom stereocenters. The highest BCUT2D eigenvalue weighted by Gasteiger charge is 2.17. The molecule has 7 heteroatoms. The van der Waals surface area contributed by atoms with Crippen LogP contribution in [0.4, 0.5) is 5.82 Å². The Bertz CT molecular complexity index is 1130. The van der Waals surface area contributed by atoms with Crippen LogP contribution in [0, 0.1) is 0 Å². The lowest BCUT2D eigenvalue weighted by Crippen LogP contribution is -2.08. The molecular weight excluding hydrogens is 335 g/mol. The molecule has 4 rings (SSSR count). The molecule has 0 saturated heterocycles. The van der Waals surface area contributed by atoms with Crippen LogP contribution in [-0.2, 0) is 0 Å². The number of pyridine rings is 1. The number of para-hydroxylation sites is 1. The van der Waals surface area contributed by atoms with Gasteiger partial charge in [0.1, 0.15) is 16.7 Å². The molecule has 2 heterocycles. The predicted molar refractivity (Wildman–Crippen MR) is 93.6 cm³/mol. The molecule has 0 aliphatic rings. The second-order valence-electron chi connectivity index (χ2n) is 5.12. The van der Waals surface area contributed by atoms with Gasteiger partial charge in [-0.05, 0) is 24.3 Å². The van der Waals surface area contributed by atoms with E-state index in [0.717, 1.165) is 5.39 Å². The van der Waals surface area contributed by atoms with Gasteiger partial charge < -0.3 is 10.7 Å². The molecule has 0 aliphatic heterocycles. The lowest BCUT2D eigenvalue weighted by molar-refractivity contribution is 0.909. The summed E-state index contributed by atoms with van der Waals surface area (Å²) in [5, 5.41) is 6.59. The zero-order valence-electron chi connectivity index (χ0n) is 11.7. The number of hydrogen-bond donors (Lipinski definition) is 2. The van der Waals surface area contributed by atoms with E-state index >= 15 is 0 Å². The number of nitrogen functional groups attached to an aromatic ring is 1. The third kappa shape index (κ3) is 2.09. The first-order chi connectivity index (χ1) is 11.1. The van der Waals surface area contributed by atoms with Gasteiger partial charge in [-0.2, -0.15) is 5.10 Å². The van der Waals surface area contributed by atoms with Gasteiger partial charge in [-0.3, -0.25) is 4.79 Å². The van der Waals surface area contributed by atoms with Crippen molar-refractivity contribution >= 4 is 50.8 Å². The number of fused-ring (bicyclic) bond motifs is 3. The van der Waals surface area contributed by atoms with Gasteiger partial charge in [0, 0.05) is 10.4 Å². The molecule has 0 unspecified atom stereocenters. The van der Waals surface area contributed by atoms with Gasteiger partial charge in [0.2, 0.25) is 0 Å². The molecule has 114 valence electrons. The minimum Gasteiger partial charge on any atom is -0.383 e. The largest absolute Gasteiger partial charge is 0.383 e. The Morgan fingerprint density at radius 1 is 1.13 bits per heavy atom. The standard InChI is InChI=1S/C16H10Cl2N4O/c17-8-5-6-10(18)12(7-8)22-15(19)13-14(21-22)9-3-1-2-4-11(9)20-16(13)23/h1-7H,19H2,(H,20,23). The second kappa shape index (κ2) is 5.01. The van der Waals surface area contributed by atoms with Gasteiger partial charge >= 0.3 is 0 Å². The fourth-order valence-electron chi connectivity index (χ4n) is 2.66. The van der Waals surface area contributed by atoms with E-state index < -0.39 is 0 Å². The second-order valence-corrected chi connectivity index (χ2v) is 5.96. The van der Waals surface area contributed by atoms with Crippen LogP contribution in [0.15, 0.2) is 47.3 Å². The summed E-state index contributed by atoms with van der Waals surface area (Å²) in [5.41, 5.74) is 7.62. The number of H-pyrrole nitrogens is 1. The van der Waals surface area contributed by atoms with Crippen molar-refractivity contribution in [2.45, 2.75) is 0 Å². The van der Waals surface area contributed by atoms with Gasteiger partial charge in [0.05, 0.1) is 16.2 Å². The SMILES string of the molecule is Nc1c2c(=O)[nH]c3ccccc3c2nn1-c1cc(Cl)ccc1Cl. The Morgan fingerprint density at radius 3 is 2.74 bits per heavy atom. The fraction of sp³-hybridized carbons (Fsp3) is 0. The van der Waals surface area contributed by atoms with Crippen molar-refractivity contribution in [2.75, 3.05) is 5.73 Å². The number of nitrogens with one attached hydrogen (secondary N) is 1.